The van der Waals surface area contributed by atoms with Crippen LogP contribution in [0.2, 0.25) is 0 Å². The Morgan fingerprint density at radius 3 is 2.67 bits per heavy atom. The van der Waals surface area contributed by atoms with Crippen molar-refractivity contribution in [2.24, 2.45) is 0 Å². The van der Waals surface area contributed by atoms with Gasteiger partial charge in [-0.15, -0.1) is 0 Å². The van der Waals surface area contributed by atoms with Crippen LogP contribution >= 0.6 is 23.2 Å². The lowest BCUT2D eigenvalue weighted by molar-refractivity contribution is -0.119. The molecular weight excluding hydrogens is 163 g/mol. The molecule has 0 bridgehead atoms. The van der Waals surface area contributed by atoms with Crippen molar-refractivity contribution in [3.8, 4) is 6.07 Å². The standard InChI is InChI=1S/C4H4Cl2N2O/c5-3(6)4(9)8-2-1-7/h3H,2H2,(H,8,9). The van der Waals surface area contributed by atoms with E-state index in [1.165, 1.54) is 0 Å². The highest BCUT2D eigenvalue weighted by atomic mass is 35.5. The summed E-state index contributed by atoms with van der Waals surface area (Å²) in [6, 6.07) is 1.70. The van der Waals surface area contributed by atoms with Crippen molar-refractivity contribution in [3.05, 3.63) is 0 Å². The molecule has 50 valence electrons. The summed E-state index contributed by atoms with van der Waals surface area (Å²) in [5.74, 6) is -0.542. The van der Waals surface area contributed by atoms with Crippen LogP contribution in [-0.4, -0.2) is 17.3 Å². The van der Waals surface area contributed by atoms with Gasteiger partial charge in [-0.3, -0.25) is 4.79 Å². The molecular formula is C4H4Cl2N2O. The van der Waals surface area contributed by atoms with Gasteiger partial charge in [0.25, 0.3) is 5.91 Å². The molecule has 1 N–H and O–H groups in total. The third-order valence-corrected chi connectivity index (χ3v) is 0.936. The second kappa shape index (κ2) is 4.42. The smallest absolute Gasteiger partial charge is 0.254 e. The highest BCUT2D eigenvalue weighted by Crippen LogP contribution is 1.99. The Morgan fingerprint density at radius 1 is 1.78 bits per heavy atom. The summed E-state index contributed by atoms with van der Waals surface area (Å²) < 4.78 is 0. The van der Waals surface area contributed by atoms with Crippen molar-refractivity contribution in [1.82, 2.24) is 5.32 Å². The number of nitriles is 1. The summed E-state index contributed by atoms with van der Waals surface area (Å²) in [5.41, 5.74) is 0. The highest BCUT2D eigenvalue weighted by molar-refractivity contribution is 6.53. The zero-order valence-corrected chi connectivity index (χ0v) is 5.91. The molecule has 9 heavy (non-hydrogen) atoms. The molecule has 3 nitrogen and oxygen atoms in total. The van der Waals surface area contributed by atoms with Crippen LogP contribution in [0.4, 0.5) is 0 Å². The van der Waals surface area contributed by atoms with Gasteiger partial charge in [-0.05, 0) is 0 Å². The van der Waals surface area contributed by atoms with Crippen molar-refractivity contribution < 1.29 is 4.79 Å². The van der Waals surface area contributed by atoms with Gasteiger partial charge in [-0.2, -0.15) is 5.26 Å². The molecule has 0 aromatic carbocycles. The Balaban J connectivity index is 3.42. The summed E-state index contributed by atoms with van der Waals surface area (Å²) in [5, 5.41) is 10.1. The number of nitrogens with one attached hydrogen (secondary N) is 1. The minimum Gasteiger partial charge on any atom is -0.341 e. The number of hydrogen-bond donors (Lipinski definition) is 1. The number of nitrogens with zero attached hydrogens (tertiary/aromatic N) is 1. The monoisotopic (exact) mass is 166 g/mol. The van der Waals surface area contributed by atoms with Crippen LogP contribution in [0, 0.1) is 11.3 Å². The third-order valence-electron chi connectivity index (χ3n) is 0.540. The van der Waals surface area contributed by atoms with Crippen molar-refractivity contribution in [3.63, 3.8) is 0 Å². The Hall–Kier alpha value is -0.460. The molecule has 0 unspecified atom stereocenters. The maximum atomic E-state index is 10.4. The first-order valence-corrected chi connectivity index (χ1v) is 2.98. The van der Waals surface area contributed by atoms with Crippen LogP contribution in [0.3, 0.4) is 0 Å². The van der Waals surface area contributed by atoms with Gasteiger partial charge < -0.3 is 5.32 Å². The van der Waals surface area contributed by atoms with Gasteiger partial charge in [-0.25, -0.2) is 0 Å². The number of hydrogen-bond acceptors (Lipinski definition) is 2. The minimum atomic E-state index is -1.08. The van der Waals surface area contributed by atoms with E-state index in [2.05, 4.69) is 5.32 Å². The molecule has 0 aromatic rings. The summed E-state index contributed by atoms with van der Waals surface area (Å²) >= 11 is 10.2. The van der Waals surface area contributed by atoms with Crippen LogP contribution in [0.5, 0.6) is 0 Å². The lowest BCUT2D eigenvalue weighted by Gasteiger charge is -1.97. The van der Waals surface area contributed by atoms with Crippen LogP contribution in [0.25, 0.3) is 0 Å². The maximum absolute atomic E-state index is 10.4. The van der Waals surface area contributed by atoms with E-state index in [9.17, 15) is 4.79 Å². The molecule has 0 spiro atoms. The van der Waals surface area contributed by atoms with Crippen LogP contribution in [0.15, 0.2) is 0 Å². The molecule has 0 heterocycles. The molecule has 0 rings (SSSR count). The first kappa shape index (κ1) is 8.54. The predicted molar refractivity (Wildman–Crippen MR) is 34.1 cm³/mol. The zero-order valence-electron chi connectivity index (χ0n) is 4.40. The van der Waals surface area contributed by atoms with Gasteiger partial charge >= 0.3 is 0 Å². The van der Waals surface area contributed by atoms with Gasteiger partial charge in [-0.1, -0.05) is 23.2 Å². The van der Waals surface area contributed by atoms with Gasteiger partial charge in [0, 0.05) is 0 Å². The molecule has 0 atom stereocenters. The molecule has 0 saturated carbocycles. The summed E-state index contributed by atoms with van der Waals surface area (Å²) in [4.78, 5) is 9.29. The molecule has 0 saturated heterocycles. The fourth-order valence-corrected chi connectivity index (χ4v) is 0.358. The van der Waals surface area contributed by atoms with Gasteiger partial charge in [0.15, 0.2) is 4.84 Å². The average Bonchev–Trinajstić information content (AvgIpc) is 1.82. The van der Waals surface area contributed by atoms with Crippen LogP contribution in [-0.2, 0) is 4.79 Å². The summed E-state index contributed by atoms with van der Waals surface area (Å²) in [6.45, 7) is -0.0607. The van der Waals surface area contributed by atoms with Gasteiger partial charge in [0.05, 0.1) is 6.07 Å². The van der Waals surface area contributed by atoms with E-state index in [-0.39, 0.29) is 6.54 Å². The average molecular weight is 167 g/mol. The quantitative estimate of drug-likeness (QED) is 0.478. The van der Waals surface area contributed by atoms with E-state index < -0.39 is 10.7 Å². The third kappa shape index (κ3) is 4.07. The maximum Gasteiger partial charge on any atom is 0.254 e. The largest absolute Gasteiger partial charge is 0.341 e. The fourth-order valence-electron chi connectivity index (χ4n) is 0.204. The number of rotatable bonds is 2. The zero-order chi connectivity index (χ0) is 7.28. The summed E-state index contributed by atoms with van der Waals surface area (Å²) in [6.07, 6.45) is 0. The Bertz CT molecular complexity index is 140. The Labute approximate surface area is 62.5 Å². The van der Waals surface area contributed by atoms with Crippen molar-refractivity contribution in [1.29, 1.82) is 5.26 Å². The predicted octanol–water partition coefficient (Wildman–Crippen LogP) is 0.430. The lowest BCUT2D eigenvalue weighted by Crippen LogP contribution is -2.28. The number of alkyl halides is 2. The minimum absolute atomic E-state index is 0.0607. The normalized spacial score (nSPS) is 8.67. The number of amides is 1. The Morgan fingerprint density at radius 2 is 2.33 bits per heavy atom. The molecule has 0 aliphatic carbocycles. The number of carbonyl (C=O) groups excluding carboxylic acids is 1. The van der Waals surface area contributed by atoms with E-state index in [4.69, 9.17) is 28.5 Å². The van der Waals surface area contributed by atoms with E-state index in [0.29, 0.717) is 0 Å². The highest BCUT2D eigenvalue weighted by Gasteiger charge is 2.08. The summed E-state index contributed by atoms with van der Waals surface area (Å²) in [7, 11) is 0. The van der Waals surface area contributed by atoms with Crippen molar-refractivity contribution >= 4 is 29.1 Å². The topological polar surface area (TPSA) is 52.9 Å². The molecule has 0 aromatic heterocycles. The van der Waals surface area contributed by atoms with Crippen molar-refractivity contribution in [2.45, 2.75) is 4.84 Å². The molecule has 0 radical (unpaired) electrons. The van der Waals surface area contributed by atoms with E-state index in [0.717, 1.165) is 0 Å². The Kier molecular flexibility index (Phi) is 4.20. The lowest BCUT2D eigenvalue weighted by atomic mass is 10.6. The second-order valence-corrected chi connectivity index (χ2v) is 2.27. The van der Waals surface area contributed by atoms with E-state index in [1.54, 1.807) is 6.07 Å². The molecule has 0 aliphatic rings. The first-order valence-electron chi connectivity index (χ1n) is 2.11. The molecule has 0 fully saturated rings. The van der Waals surface area contributed by atoms with Gasteiger partial charge in [0.1, 0.15) is 6.54 Å². The molecule has 0 aliphatic heterocycles. The van der Waals surface area contributed by atoms with E-state index in [1.807, 2.05) is 0 Å². The fraction of sp³-hybridized carbons (Fsp3) is 0.500. The second-order valence-electron chi connectivity index (χ2n) is 1.18. The van der Waals surface area contributed by atoms with Crippen LogP contribution in [0.1, 0.15) is 0 Å². The number of carbonyl (C=O) groups is 1. The molecule has 1 amide bonds. The van der Waals surface area contributed by atoms with Crippen LogP contribution < -0.4 is 5.32 Å². The SMILES string of the molecule is N#CCNC(=O)C(Cl)Cl. The van der Waals surface area contributed by atoms with Crippen molar-refractivity contribution in [2.75, 3.05) is 6.54 Å². The number of halogens is 2. The van der Waals surface area contributed by atoms with Gasteiger partial charge in [0.2, 0.25) is 0 Å². The molecule has 5 heteroatoms. The first-order chi connectivity index (χ1) is 4.18. The van der Waals surface area contributed by atoms with E-state index >= 15 is 0 Å².